The smallest absolute Gasteiger partial charge is 0.255 e. The number of aliphatic hydroxyl groups excluding tert-OH is 1. The molecule has 5 heterocycles. The topological polar surface area (TPSA) is 136 Å². The fourth-order valence-electron chi connectivity index (χ4n) is 6.02. The summed E-state index contributed by atoms with van der Waals surface area (Å²) in [4.78, 5) is 46.5. The lowest BCUT2D eigenvalue weighted by Crippen LogP contribution is -2.47. The molecule has 0 aliphatic carbocycles. The SMILES string of the molecule is C[C@H](C(=O)N[C@H](CO)c1cc(N2CCN(C)CC2)ncc1Cl)N1Cc2ccc(-c3nc(NC4CCOCC4)ncc3Cl)cc2C1=O. The first-order valence-electron chi connectivity index (χ1n) is 15.5. The average molecular weight is 670 g/mol. The summed E-state index contributed by atoms with van der Waals surface area (Å²) in [5.74, 6) is 0.528. The number of benzene rings is 1. The number of ether oxygens (including phenoxy) is 1. The maximum absolute atomic E-state index is 13.6. The van der Waals surface area contributed by atoms with E-state index in [9.17, 15) is 14.7 Å². The molecule has 3 aromatic rings. The van der Waals surface area contributed by atoms with E-state index in [0.717, 1.165) is 50.4 Å². The number of carbonyl (C=O) groups excluding carboxylic acids is 2. The molecule has 3 aliphatic rings. The Hall–Kier alpha value is -3.55. The Morgan fingerprint density at radius 1 is 1.09 bits per heavy atom. The van der Waals surface area contributed by atoms with Gasteiger partial charge in [-0.3, -0.25) is 9.59 Å². The second-order valence-corrected chi connectivity index (χ2v) is 12.8. The highest BCUT2D eigenvalue weighted by Crippen LogP contribution is 2.33. The van der Waals surface area contributed by atoms with Gasteiger partial charge in [0.25, 0.3) is 5.91 Å². The minimum absolute atomic E-state index is 0.213. The highest BCUT2D eigenvalue weighted by atomic mass is 35.5. The number of carbonyl (C=O) groups is 2. The molecular weight excluding hydrogens is 631 g/mol. The summed E-state index contributed by atoms with van der Waals surface area (Å²) >= 11 is 13.0. The van der Waals surface area contributed by atoms with Gasteiger partial charge in [0.05, 0.1) is 34.6 Å². The van der Waals surface area contributed by atoms with E-state index in [2.05, 4.69) is 42.4 Å². The van der Waals surface area contributed by atoms with E-state index in [1.165, 1.54) is 4.90 Å². The van der Waals surface area contributed by atoms with Crippen molar-refractivity contribution in [2.45, 2.75) is 44.4 Å². The van der Waals surface area contributed by atoms with Crippen molar-refractivity contribution in [3.05, 3.63) is 63.4 Å². The first-order valence-corrected chi connectivity index (χ1v) is 16.3. The highest BCUT2D eigenvalue weighted by molar-refractivity contribution is 6.33. The number of aromatic nitrogens is 3. The summed E-state index contributed by atoms with van der Waals surface area (Å²) in [5, 5.41) is 17.2. The number of amides is 2. The monoisotopic (exact) mass is 668 g/mol. The Balaban J connectivity index is 1.15. The Labute approximate surface area is 278 Å². The van der Waals surface area contributed by atoms with Gasteiger partial charge in [0.2, 0.25) is 11.9 Å². The van der Waals surface area contributed by atoms with Gasteiger partial charge in [0.15, 0.2) is 0 Å². The number of hydrogen-bond acceptors (Lipinski definition) is 10. The number of pyridine rings is 1. The van der Waals surface area contributed by atoms with Crippen LogP contribution in [0.15, 0.2) is 36.7 Å². The van der Waals surface area contributed by atoms with Crippen molar-refractivity contribution in [2.24, 2.45) is 0 Å². The molecule has 12 nitrogen and oxygen atoms in total. The summed E-state index contributed by atoms with van der Waals surface area (Å²) in [6, 6.07) is 5.95. The molecule has 6 rings (SSSR count). The van der Waals surface area contributed by atoms with Crippen LogP contribution in [0.4, 0.5) is 11.8 Å². The van der Waals surface area contributed by atoms with Crippen molar-refractivity contribution in [2.75, 3.05) is 63.3 Å². The van der Waals surface area contributed by atoms with Crippen molar-refractivity contribution < 1.29 is 19.4 Å². The van der Waals surface area contributed by atoms with Crippen molar-refractivity contribution in [1.29, 1.82) is 0 Å². The van der Waals surface area contributed by atoms with Gasteiger partial charge in [0, 0.05) is 74.9 Å². The van der Waals surface area contributed by atoms with Gasteiger partial charge in [-0.1, -0.05) is 35.3 Å². The van der Waals surface area contributed by atoms with Crippen LogP contribution in [0.2, 0.25) is 10.0 Å². The lowest BCUT2D eigenvalue weighted by molar-refractivity contribution is -0.126. The predicted molar refractivity (Wildman–Crippen MR) is 176 cm³/mol. The molecule has 0 radical (unpaired) electrons. The second-order valence-electron chi connectivity index (χ2n) is 12.0. The summed E-state index contributed by atoms with van der Waals surface area (Å²) in [5.41, 5.74) is 3.05. The van der Waals surface area contributed by atoms with Crippen molar-refractivity contribution in [3.8, 4) is 11.3 Å². The van der Waals surface area contributed by atoms with E-state index < -0.39 is 18.0 Å². The molecule has 2 saturated heterocycles. The van der Waals surface area contributed by atoms with Gasteiger partial charge in [-0.25, -0.2) is 15.0 Å². The van der Waals surface area contributed by atoms with E-state index in [4.69, 9.17) is 27.9 Å². The molecule has 2 atom stereocenters. The van der Waals surface area contributed by atoms with Crippen LogP contribution in [0, 0.1) is 0 Å². The molecule has 0 unspecified atom stereocenters. The van der Waals surface area contributed by atoms with Gasteiger partial charge >= 0.3 is 0 Å². The number of halogens is 2. The molecule has 46 heavy (non-hydrogen) atoms. The first-order chi connectivity index (χ1) is 22.2. The van der Waals surface area contributed by atoms with E-state index in [0.29, 0.717) is 51.6 Å². The summed E-state index contributed by atoms with van der Waals surface area (Å²) in [6.07, 6.45) is 4.83. The number of hydrogen-bond donors (Lipinski definition) is 3. The van der Waals surface area contributed by atoms with Crippen LogP contribution in [0.1, 0.15) is 47.3 Å². The lowest BCUT2D eigenvalue weighted by Gasteiger charge is -2.33. The number of nitrogens with zero attached hydrogens (tertiary/aromatic N) is 6. The largest absolute Gasteiger partial charge is 0.394 e. The van der Waals surface area contributed by atoms with Crippen LogP contribution >= 0.6 is 23.2 Å². The molecule has 0 bridgehead atoms. The molecule has 0 spiro atoms. The maximum atomic E-state index is 13.6. The second kappa shape index (κ2) is 14.1. The molecule has 14 heteroatoms. The molecular formula is C32H38Cl2N8O4. The van der Waals surface area contributed by atoms with Crippen LogP contribution in [-0.4, -0.2) is 107 Å². The highest BCUT2D eigenvalue weighted by Gasteiger charge is 2.35. The quantitative estimate of drug-likeness (QED) is 0.311. The lowest BCUT2D eigenvalue weighted by atomic mass is 10.0. The third-order valence-corrected chi connectivity index (χ3v) is 9.53. The third-order valence-electron chi connectivity index (χ3n) is 8.93. The first kappa shape index (κ1) is 32.4. The summed E-state index contributed by atoms with van der Waals surface area (Å²) in [6.45, 7) is 6.40. The van der Waals surface area contributed by atoms with Gasteiger partial charge in [-0.05, 0) is 44.5 Å². The van der Waals surface area contributed by atoms with Crippen molar-refractivity contribution >= 4 is 46.8 Å². The average Bonchev–Trinajstić information content (AvgIpc) is 3.40. The van der Waals surface area contributed by atoms with Crippen molar-refractivity contribution in [1.82, 2.24) is 30.1 Å². The molecule has 3 N–H and O–H groups in total. The fraction of sp³-hybridized carbons (Fsp3) is 0.469. The predicted octanol–water partition coefficient (Wildman–Crippen LogP) is 3.38. The zero-order valence-corrected chi connectivity index (χ0v) is 27.4. The molecule has 2 aromatic heterocycles. The number of nitrogens with one attached hydrogen (secondary N) is 2. The normalized spacial score (nSPS) is 18.8. The number of fused-ring (bicyclic) bond motifs is 1. The van der Waals surface area contributed by atoms with E-state index in [-0.39, 0.29) is 25.1 Å². The number of anilines is 2. The summed E-state index contributed by atoms with van der Waals surface area (Å²) < 4.78 is 5.44. The Bertz CT molecular complexity index is 1600. The molecule has 1 aromatic carbocycles. The minimum atomic E-state index is -0.812. The van der Waals surface area contributed by atoms with Crippen LogP contribution in [0.25, 0.3) is 11.3 Å². The van der Waals surface area contributed by atoms with E-state index >= 15 is 0 Å². The molecule has 0 saturated carbocycles. The number of piperazine rings is 1. The fourth-order valence-corrected chi connectivity index (χ4v) is 6.46. The third kappa shape index (κ3) is 6.91. The molecule has 2 amide bonds. The Morgan fingerprint density at radius 2 is 1.83 bits per heavy atom. The van der Waals surface area contributed by atoms with Crippen LogP contribution in [0.5, 0.6) is 0 Å². The summed E-state index contributed by atoms with van der Waals surface area (Å²) in [7, 11) is 2.08. The minimum Gasteiger partial charge on any atom is -0.394 e. The molecule has 3 aliphatic heterocycles. The van der Waals surface area contributed by atoms with Crippen LogP contribution in [0.3, 0.4) is 0 Å². The van der Waals surface area contributed by atoms with E-state index in [1.807, 2.05) is 18.2 Å². The number of likely N-dealkylation sites (N-methyl/N-ethyl adjacent to an activating group) is 1. The zero-order valence-electron chi connectivity index (χ0n) is 25.9. The van der Waals surface area contributed by atoms with Crippen molar-refractivity contribution in [3.63, 3.8) is 0 Å². The van der Waals surface area contributed by atoms with Crippen LogP contribution in [-0.2, 0) is 16.1 Å². The number of rotatable bonds is 9. The molecule has 2 fully saturated rings. The Morgan fingerprint density at radius 3 is 2.57 bits per heavy atom. The molecule has 244 valence electrons. The number of aliphatic hydroxyl groups is 1. The van der Waals surface area contributed by atoms with Gasteiger partial charge in [-0.2, -0.15) is 0 Å². The van der Waals surface area contributed by atoms with E-state index in [1.54, 1.807) is 25.4 Å². The standard InChI is InChI=1S/C32H38Cl2N8O4/c1-19(30(44)38-27(18-43)24-14-28(35-15-25(24)33)41-9-7-40(2)8-10-41)42-17-21-4-3-20(13-23(21)31(42)45)29-26(34)16-36-32(39-29)37-22-5-11-46-12-6-22/h3-4,13-16,19,22,27,43H,5-12,17-18H2,1-2H3,(H,38,44)(H,36,37,39)/t19-,27-/m1/s1. The Kier molecular flexibility index (Phi) is 9.90. The zero-order chi connectivity index (χ0) is 32.4. The van der Waals surface area contributed by atoms with Gasteiger partial charge < -0.3 is 35.2 Å². The maximum Gasteiger partial charge on any atom is 0.255 e. The van der Waals surface area contributed by atoms with Crippen LogP contribution < -0.4 is 15.5 Å². The van der Waals surface area contributed by atoms with Gasteiger partial charge in [0.1, 0.15) is 11.9 Å². The van der Waals surface area contributed by atoms with Gasteiger partial charge in [-0.15, -0.1) is 0 Å².